The van der Waals surface area contributed by atoms with E-state index in [1.807, 2.05) is 0 Å². The summed E-state index contributed by atoms with van der Waals surface area (Å²) in [4.78, 5) is 10.6. The lowest BCUT2D eigenvalue weighted by Gasteiger charge is -2.12. The van der Waals surface area contributed by atoms with Gasteiger partial charge in [0.2, 0.25) is 0 Å². The van der Waals surface area contributed by atoms with Crippen molar-refractivity contribution in [1.29, 1.82) is 0 Å². The summed E-state index contributed by atoms with van der Waals surface area (Å²) in [5.74, 6) is 0. The Hall–Kier alpha value is -0.910. The van der Waals surface area contributed by atoms with Gasteiger partial charge < -0.3 is 9.47 Å². The molecule has 9 nitrogen and oxygen atoms in total. The number of hydrogen-bond acceptors (Lipinski definition) is 9. The number of carbonyl (C=O) groups excluding carboxylic acids is 1. The zero-order valence-electron chi connectivity index (χ0n) is 8.15. The Labute approximate surface area is 91.5 Å². The van der Waals surface area contributed by atoms with Gasteiger partial charge in [-0.1, -0.05) is 0 Å². The fourth-order valence-corrected chi connectivity index (χ4v) is 1.75. The molecule has 0 aromatic carbocycles. The van der Waals surface area contributed by atoms with Crippen molar-refractivity contribution < 1.29 is 39.5 Å². The first-order valence-electron chi connectivity index (χ1n) is 3.71. The van der Waals surface area contributed by atoms with Crippen LogP contribution in [0.5, 0.6) is 0 Å². The molecule has 0 amide bonds. The van der Waals surface area contributed by atoms with Crippen molar-refractivity contribution in [1.82, 2.24) is 0 Å². The average molecular weight is 276 g/mol. The Bertz CT molecular complexity index is 430. The van der Waals surface area contributed by atoms with Crippen LogP contribution >= 0.6 is 0 Å². The molecule has 1 saturated heterocycles. The smallest absolute Gasteiger partial charge is 0.396 e. The minimum absolute atomic E-state index is 0.691. The summed E-state index contributed by atoms with van der Waals surface area (Å²) in [6, 6.07) is 0. The van der Waals surface area contributed by atoms with E-state index < -0.39 is 39.0 Å². The third-order valence-electron chi connectivity index (χ3n) is 1.19. The third-order valence-corrected chi connectivity index (χ3v) is 2.26. The molecule has 16 heavy (non-hydrogen) atoms. The predicted octanol–water partition coefficient (Wildman–Crippen LogP) is -1.24. The largest absolute Gasteiger partial charge is 0.513 e. The average Bonchev–Trinajstić information content (AvgIpc) is 2.23. The molecule has 2 atom stereocenters. The molecule has 0 spiro atoms. The number of ether oxygens (including phenoxy) is 2. The number of carbonyl (C=O) groups is 1. The van der Waals surface area contributed by atoms with Gasteiger partial charge in [-0.05, 0) is 0 Å². The SMILES string of the molecule is CS(=O)(=O)OC1OC(=O)OC1OS(C)(=O)=O. The highest BCUT2D eigenvalue weighted by atomic mass is 32.2. The maximum absolute atomic E-state index is 10.7. The molecule has 94 valence electrons. The zero-order valence-corrected chi connectivity index (χ0v) is 9.78. The van der Waals surface area contributed by atoms with E-state index in [1.54, 1.807) is 0 Å². The second kappa shape index (κ2) is 4.16. The molecular formula is C5H8O9S2. The van der Waals surface area contributed by atoms with Crippen LogP contribution in [0.2, 0.25) is 0 Å². The van der Waals surface area contributed by atoms with Crippen LogP contribution in [0.1, 0.15) is 0 Å². The highest BCUT2D eigenvalue weighted by Gasteiger charge is 2.43. The van der Waals surface area contributed by atoms with Gasteiger partial charge in [0.15, 0.2) is 0 Å². The normalized spacial score (nSPS) is 26.2. The topological polar surface area (TPSA) is 122 Å². The molecule has 0 radical (unpaired) electrons. The van der Waals surface area contributed by atoms with Crippen LogP contribution in [0.4, 0.5) is 4.79 Å². The second-order valence-electron chi connectivity index (χ2n) is 2.82. The summed E-state index contributed by atoms with van der Waals surface area (Å²) in [7, 11) is -7.90. The predicted molar refractivity (Wildman–Crippen MR) is 47.0 cm³/mol. The Balaban J connectivity index is 2.79. The fourth-order valence-electron chi connectivity index (χ4n) is 0.803. The summed E-state index contributed by atoms with van der Waals surface area (Å²) in [5.41, 5.74) is 0. The molecule has 1 aliphatic rings. The molecule has 0 N–H and O–H groups in total. The van der Waals surface area contributed by atoms with E-state index >= 15 is 0 Å². The molecular weight excluding hydrogens is 268 g/mol. The van der Waals surface area contributed by atoms with Gasteiger partial charge in [0, 0.05) is 0 Å². The molecule has 0 aromatic rings. The second-order valence-corrected chi connectivity index (χ2v) is 6.02. The molecule has 0 bridgehead atoms. The lowest BCUT2D eigenvalue weighted by molar-refractivity contribution is -0.0975. The molecule has 1 fully saturated rings. The molecule has 1 heterocycles. The highest BCUT2D eigenvalue weighted by molar-refractivity contribution is 7.86. The van der Waals surface area contributed by atoms with Crippen LogP contribution < -0.4 is 0 Å². The van der Waals surface area contributed by atoms with E-state index in [9.17, 15) is 21.6 Å². The third kappa shape index (κ3) is 4.30. The van der Waals surface area contributed by atoms with Gasteiger partial charge in [-0.25, -0.2) is 13.2 Å². The number of cyclic esters (lactones) is 2. The van der Waals surface area contributed by atoms with Gasteiger partial charge in [-0.15, -0.1) is 0 Å². The summed E-state index contributed by atoms with van der Waals surface area (Å²) in [6.07, 6.45) is -3.47. The Kier molecular flexibility index (Phi) is 3.42. The van der Waals surface area contributed by atoms with Crippen molar-refractivity contribution in [2.45, 2.75) is 12.6 Å². The first kappa shape index (κ1) is 13.2. The van der Waals surface area contributed by atoms with Crippen LogP contribution in [0.3, 0.4) is 0 Å². The van der Waals surface area contributed by atoms with Crippen molar-refractivity contribution in [2.24, 2.45) is 0 Å². The molecule has 11 heteroatoms. The lowest BCUT2D eigenvalue weighted by Crippen LogP contribution is -2.32. The minimum atomic E-state index is -3.95. The zero-order chi connectivity index (χ0) is 12.6. The van der Waals surface area contributed by atoms with Gasteiger partial charge in [0.25, 0.3) is 32.8 Å². The van der Waals surface area contributed by atoms with Crippen molar-refractivity contribution in [3.05, 3.63) is 0 Å². The maximum Gasteiger partial charge on any atom is 0.513 e. The Morgan fingerprint density at radius 3 is 1.50 bits per heavy atom. The maximum atomic E-state index is 10.7. The first-order valence-corrected chi connectivity index (χ1v) is 7.34. The quantitative estimate of drug-likeness (QED) is 0.458. The highest BCUT2D eigenvalue weighted by Crippen LogP contribution is 2.20. The number of hydrogen-bond donors (Lipinski definition) is 0. The van der Waals surface area contributed by atoms with E-state index in [-0.39, 0.29) is 0 Å². The van der Waals surface area contributed by atoms with Gasteiger partial charge >= 0.3 is 6.16 Å². The van der Waals surface area contributed by atoms with Crippen molar-refractivity contribution in [3.8, 4) is 0 Å². The van der Waals surface area contributed by atoms with Gasteiger partial charge in [0.1, 0.15) is 0 Å². The van der Waals surface area contributed by atoms with E-state index in [2.05, 4.69) is 17.8 Å². The summed E-state index contributed by atoms with van der Waals surface area (Å²) in [5, 5.41) is 0. The van der Waals surface area contributed by atoms with Crippen molar-refractivity contribution in [3.63, 3.8) is 0 Å². The van der Waals surface area contributed by atoms with E-state index in [0.29, 0.717) is 12.5 Å². The summed E-state index contributed by atoms with van der Waals surface area (Å²) >= 11 is 0. The Morgan fingerprint density at radius 1 is 0.938 bits per heavy atom. The van der Waals surface area contributed by atoms with E-state index in [0.717, 1.165) is 0 Å². The monoisotopic (exact) mass is 276 g/mol. The van der Waals surface area contributed by atoms with Crippen LogP contribution in [-0.4, -0.2) is 48.1 Å². The molecule has 1 aliphatic heterocycles. The lowest BCUT2D eigenvalue weighted by atomic mass is 10.6. The molecule has 0 aliphatic carbocycles. The van der Waals surface area contributed by atoms with E-state index in [1.165, 1.54) is 0 Å². The van der Waals surface area contributed by atoms with Crippen molar-refractivity contribution in [2.75, 3.05) is 12.5 Å². The summed E-state index contributed by atoms with van der Waals surface area (Å²) < 4.78 is 59.9. The van der Waals surface area contributed by atoms with Crippen LogP contribution in [0.15, 0.2) is 0 Å². The van der Waals surface area contributed by atoms with Crippen LogP contribution in [0, 0.1) is 0 Å². The van der Waals surface area contributed by atoms with Crippen LogP contribution in [-0.2, 0) is 38.1 Å². The minimum Gasteiger partial charge on any atom is -0.396 e. The number of rotatable bonds is 4. The van der Waals surface area contributed by atoms with Gasteiger partial charge in [0.05, 0.1) is 12.5 Å². The van der Waals surface area contributed by atoms with Crippen LogP contribution in [0.25, 0.3) is 0 Å². The standard InChI is InChI=1S/C5H8O9S2/c1-15(7,8)13-3-4(12-5(6)11-3)14-16(2,9)10/h3-4H,1-2H3. The van der Waals surface area contributed by atoms with Gasteiger partial charge in [-0.3, -0.25) is 0 Å². The molecule has 1 rings (SSSR count). The molecule has 0 aromatic heterocycles. The molecule has 2 unspecified atom stereocenters. The van der Waals surface area contributed by atoms with Gasteiger partial charge in [-0.2, -0.15) is 16.8 Å². The Morgan fingerprint density at radius 2 is 1.25 bits per heavy atom. The summed E-state index contributed by atoms with van der Waals surface area (Å²) in [6.45, 7) is 0. The van der Waals surface area contributed by atoms with E-state index in [4.69, 9.17) is 0 Å². The molecule has 0 saturated carbocycles. The fraction of sp³-hybridized carbons (Fsp3) is 0.800. The first-order chi connectivity index (χ1) is 7.07. The van der Waals surface area contributed by atoms with Crippen molar-refractivity contribution >= 4 is 26.4 Å².